The summed E-state index contributed by atoms with van der Waals surface area (Å²) >= 11 is 0. The van der Waals surface area contributed by atoms with E-state index in [-0.39, 0.29) is 18.3 Å². The van der Waals surface area contributed by atoms with Gasteiger partial charge in [0.2, 0.25) is 5.91 Å². The summed E-state index contributed by atoms with van der Waals surface area (Å²) in [5, 5.41) is 6.48. The number of carbonyl (C=O) groups excluding carboxylic acids is 1. The second-order valence-electron chi connectivity index (χ2n) is 4.95. The maximum absolute atomic E-state index is 11.6. The van der Waals surface area contributed by atoms with Gasteiger partial charge in [0.05, 0.1) is 0 Å². The number of halogens is 1. The zero-order valence-electron chi connectivity index (χ0n) is 9.84. The van der Waals surface area contributed by atoms with E-state index in [4.69, 9.17) is 0 Å². The van der Waals surface area contributed by atoms with Crippen LogP contribution in [0.3, 0.4) is 0 Å². The minimum atomic E-state index is 0. The lowest BCUT2D eigenvalue weighted by molar-refractivity contribution is -0.122. The molecule has 0 spiro atoms. The molecule has 1 heterocycles. The lowest BCUT2D eigenvalue weighted by atomic mass is 10.0. The van der Waals surface area contributed by atoms with E-state index in [2.05, 4.69) is 10.6 Å². The maximum Gasteiger partial charge on any atom is 0.220 e. The van der Waals surface area contributed by atoms with Crippen LogP contribution in [0, 0.1) is 5.92 Å². The van der Waals surface area contributed by atoms with Crippen molar-refractivity contribution >= 4 is 18.3 Å². The van der Waals surface area contributed by atoms with Gasteiger partial charge in [-0.3, -0.25) is 4.79 Å². The fourth-order valence-electron chi connectivity index (χ4n) is 2.67. The average Bonchev–Trinajstić information content (AvgIpc) is 2.86. The lowest BCUT2D eigenvalue weighted by Crippen LogP contribution is -2.32. The zero-order valence-corrected chi connectivity index (χ0v) is 10.7. The van der Waals surface area contributed by atoms with E-state index in [1.165, 1.54) is 32.1 Å². The molecule has 2 fully saturated rings. The Balaban J connectivity index is 0.00000128. The van der Waals surface area contributed by atoms with Gasteiger partial charge in [-0.05, 0) is 44.7 Å². The van der Waals surface area contributed by atoms with E-state index in [1.807, 2.05) is 0 Å². The molecule has 2 rings (SSSR count). The SMILES string of the molecule is Cl.O=C(CCC1CCNC1)NC1CCCC1. The van der Waals surface area contributed by atoms with Crippen LogP contribution in [0.4, 0.5) is 0 Å². The second kappa shape index (κ2) is 7.13. The molecule has 1 saturated carbocycles. The lowest BCUT2D eigenvalue weighted by Gasteiger charge is -2.13. The largest absolute Gasteiger partial charge is 0.353 e. The molecule has 0 bridgehead atoms. The molecule has 2 aliphatic rings. The summed E-state index contributed by atoms with van der Waals surface area (Å²) in [6, 6.07) is 0.485. The van der Waals surface area contributed by atoms with Crippen molar-refractivity contribution < 1.29 is 4.79 Å². The molecule has 0 aromatic carbocycles. The first-order chi connectivity index (χ1) is 7.34. The minimum absolute atomic E-state index is 0. The van der Waals surface area contributed by atoms with Crippen molar-refractivity contribution in [3.05, 3.63) is 0 Å². The number of hydrogen-bond donors (Lipinski definition) is 2. The van der Waals surface area contributed by atoms with Gasteiger partial charge >= 0.3 is 0 Å². The Hall–Kier alpha value is -0.280. The third kappa shape index (κ3) is 4.30. The Kier molecular flexibility index (Phi) is 6.14. The number of carbonyl (C=O) groups is 1. The highest BCUT2D eigenvalue weighted by Crippen LogP contribution is 2.18. The van der Waals surface area contributed by atoms with Gasteiger partial charge in [0.25, 0.3) is 0 Å². The Morgan fingerprint density at radius 3 is 2.62 bits per heavy atom. The smallest absolute Gasteiger partial charge is 0.220 e. The van der Waals surface area contributed by atoms with E-state index in [1.54, 1.807) is 0 Å². The molecule has 1 saturated heterocycles. The van der Waals surface area contributed by atoms with Gasteiger partial charge in [-0.2, -0.15) is 0 Å². The summed E-state index contributed by atoms with van der Waals surface area (Å²) in [5.74, 6) is 1.01. The molecule has 0 aromatic rings. The zero-order chi connectivity index (χ0) is 10.5. The third-order valence-electron chi connectivity index (χ3n) is 3.66. The topological polar surface area (TPSA) is 41.1 Å². The van der Waals surface area contributed by atoms with Crippen LogP contribution in [0.1, 0.15) is 44.9 Å². The molecule has 1 aliphatic heterocycles. The number of nitrogens with one attached hydrogen (secondary N) is 2. The van der Waals surface area contributed by atoms with Crippen molar-refractivity contribution in [2.45, 2.75) is 51.0 Å². The number of hydrogen-bond acceptors (Lipinski definition) is 2. The van der Waals surface area contributed by atoms with Crippen molar-refractivity contribution in [1.82, 2.24) is 10.6 Å². The summed E-state index contributed by atoms with van der Waals surface area (Å²) in [4.78, 5) is 11.6. The monoisotopic (exact) mass is 246 g/mol. The molecular formula is C12H23ClN2O. The predicted octanol–water partition coefficient (Wildman–Crippen LogP) is 1.86. The Morgan fingerprint density at radius 1 is 1.25 bits per heavy atom. The van der Waals surface area contributed by atoms with E-state index >= 15 is 0 Å². The predicted molar refractivity (Wildman–Crippen MR) is 67.9 cm³/mol. The highest BCUT2D eigenvalue weighted by atomic mass is 35.5. The summed E-state index contributed by atoms with van der Waals surface area (Å²) < 4.78 is 0. The van der Waals surface area contributed by atoms with Crippen LogP contribution in [0.5, 0.6) is 0 Å². The first-order valence-corrected chi connectivity index (χ1v) is 6.34. The Morgan fingerprint density at radius 2 is 2.00 bits per heavy atom. The van der Waals surface area contributed by atoms with Crippen LogP contribution in [0.2, 0.25) is 0 Å². The van der Waals surface area contributed by atoms with E-state index in [9.17, 15) is 4.79 Å². The van der Waals surface area contributed by atoms with Crippen molar-refractivity contribution in [3.8, 4) is 0 Å². The summed E-state index contributed by atoms with van der Waals surface area (Å²) in [7, 11) is 0. The number of rotatable bonds is 4. The van der Waals surface area contributed by atoms with Crippen molar-refractivity contribution in [2.75, 3.05) is 13.1 Å². The van der Waals surface area contributed by atoms with Crippen LogP contribution < -0.4 is 10.6 Å². The van der Waals surface area contributed by atoms with Gasteiger partial charge in [-0.15, -0.1) is 12.4 Å². The van der Waals surface area contributed by atoms with Crippen LogP contribution >= 0.6 is 12.4 Å². The molecule has 0 radical (unpaired) electrons. The molecule has 2 N–H and O–H groups in total. The maximum atomic E-state index is 11.6. The molecule has 1 aliphatic carbocycles. The fourth-order valence-corrected chi connectivity index (χ4v) is 2.67. The summed E-state index contributed by atoms with van der Waals surface area (Å²) in [5.41, 5.74) is 0. The Labute approximate surface area is 104 Å². The van der Waals surface area contributed by atoms with Gasteiger partial charge in [0, 0.05) is 12.5 Å². The highest BCUT2D eigenvalue weighted by molar-refractivity contribution is 5.85. The van der Waals surface area contributed by atoms with Gasteiger partial charge in [-0.1, -0.05) is 12.8 Å². The first-order valence-electron chi connectivity index (χ1n) is 6.34. The molecule has 1 amide bonds. The summed E-state index contributed by atoms with van der Waals surface area (Å²) in [6.07, 6.45) is 7.99. The Bertz CT molecular complexity index is 211. The van der Waals surface area contributed by atoms with Crippen molar-refractivity contribution in [3.63, 3.8) is 0 Å². The molecule has 3 nitrogen and oxygen atoms in total. The van der Waals surface area contributed by atoms with Crippen LogP contribution in [0.25, 0.3) is 0 Å². The average molecular weight is 247 g/mol. The fraction of sp³-hybridized carbons (Fsp3) is 0.917. The molecule has 1 unspecified atom stereocenters. The third-order valence-corrected chi connectivity index (χ3v) is 3.66. The van der Waals surface area contributed by atoms with Gasteiger partial charge < -0.3 is 10.6 Å². The molecule has 16 heavy (non-hydrogen) atoms. The van der Waals surface area contributed by atoms with Gasteiger partial charge in [0.1, 0.15) is 0 Å². The number of amides is 1. The van der Waals surface area contributed by atoms with Crippen LogP contribution in [-0.4, -0.2) is 25.0 Å². The summed E-state index contributed by atoms with van der Waals surface area (Å²) in [6.45, 7) is 2.24. The van der Waals surface area contributed by atoms with Crippen LogP contribution in [0.15, 0.2) is 0 Å². The quantitative estimate of drug-likeness (QED) is 0.795. The van der Waals surface area contributed by atoms with Crippen molar-refractivity contribution in [1.29, 1.82) is 0 Å². The van der Waals surface area contributed by atoms with E-state index in [0.717, 1.165) is 31.8 Å². The molecule has 4 heteroatoms. The molecular weight excluding hydrogens is 224 g/mol. The first kappa shape index (κ1) is 13.8. The van der Waals surface area contributed by atoms with E-state index < -0.39 is 0 Å². The molecule has 1 atom stereocenters. The molecule has 94 valence electrons. The van der Waals surface area contributed by atoms with Gasteiger partial charge in [0.15, 0.2) is 0 Å². The normalized spacial score (nSPS) is 25.4. The van der Waals surface area contributed by atoms with Gasteiger partial charge in [-0.25, -0.2) is 0 Å². The second-order valence-corrected chi connectivity index (χ2v) is 4.95. The van der Waals surface area contributed by atoms with Crippen LogP contribution in [-0.2, 0) is 4.79 Å². The van der Waals surface area contributed by atoms with Crippen molar-refractivity contribution in [2.24, 2.45) is 5.92 Å². The highest BCUT2D eigenvalue weighted by Gasteiger charge is 2.19. The standard InChI is InChI=1S/C12H22N2O.ClH/c15-12(14-11-3-1-2-4-11)6-5-10-7-8-13-9-10;/h10-11,13H,1-9H2,(H,14,15);1H. The van der Waals surface area contributed by atoms with E-state index in [0.29, 0.717) is 6.04 Å². The molecule has 0 aromatic heterocycles. The minimum Gasteiger partial charge on any atom is -0.353 e.